The van der Waals surface area contributed by atoms with Crippen molar-refractivity contribution >= 4 is 35.5 Å². The molecule has 0 aromatic heterocycles. The predicted octanol–water partition coefficient (Wildman–Crippen LogP) is 4.73. The molecule has 0 bridgehead atoms. The molecule has 0 N–H and O–H groups in total. The van der Waals surface area contributed by atoms with E-state index in [4.69, 9.17) is 4.74 Å². The Balaban J connectivity index is 0.00000400. The van der Waals surface area contributed by atoms with E-state index >= 15 is 0 Å². The Morgan fingerprint density at radius 1 is 0.857 bits per heavy atom. The topological polar surface area (TPSA) is 26.3 Å². The maximum atomic E-state index is 11.7. The van der Waals surface area contributed by atoms with Gasteiger partial charge in [-0.3, -0.25) is 0 Å². The molecule has 0 fully saturated rings. The first-order valence-electron chi connectivity index (χ1n) is 8.06. The molecule has 1 aromatic carbocycles. The van der Waals surface area contributed by atoms with Gasteiger partial charge in [-0.1, -0.05) is 76.5 Å². The average molecular weight is 300 g/mol. The van der Waals surface area contributed by atoms with E-state index < -0.39 is 0 Å². The van der Waals surface area contributed by atoms with Crippen LogP contribution in [0.25, 0.3) is 0 Å². The Morgan fingerprint density at radius 2 is 1.38 bits per heavy atom. The van der Waals surface area contributed by atoms with E-state index in [0.29, 0.717) is 12.2 Å². The first-order chi connectivity index (χ1) is 9.84. The number of benzene rings is 1. The van der Waals surface area contributed by atoms with Gasteiger partial charge in [0, 0.05) is 0 Å². The van der Waals surface area contributed by atoms with E-state index in [1.54, 1.807) is 12.1 Å². The van der Waals surface area contributed by atoms with Crippen molar-refractivity contribution in [1.29, 1.82) is 0 Å². The number of carbonyl (C=O) groups is 1. The number of rotatable bonds is 11. The van der Waals surface area contributed by atoms with Crippen LogP contribution in [0.2, 0.25) is 0 Å². The van der Waals surface area contributed by atoms with Gasteiger partial charge in [0.1, 0.15) is 0 Å². The van der Waals surface area contributed by atoms with Crippen molar-refractivity contribution in [1.82, 2.24) is 0 Å². The van der Waals surface area contributed by atoms with E-state index in [9.17, 15) is 4.79 Å². The molecule has 0 saturated carbocycles. The molecule has 0 heterocycles. The van der Waals surface area contributed by atoms with Gasteiger partial charge in [-0.05, 0) is 18.6 Å². The zero-order valence-electron chi connectivity index (χ0n) is 12.8. The molecule has 1 rings (SSSR count). The quantitative estimate of drug-likeness (QED) is 0.335. The van der Waals surface area contributed by atoms with Crippen LogP contribution >= 0.6 is 0 Å². The van der Waals surface area contributed by atoms with Crippen LogP contribution < -0.4 is 0 Å². The summed E-state index contributed by atoms with van der Waals surface area (Å²) in [6.07, 6.45) is 11.5. The second kappa shape index (κ2) is 14.6. The summed E-state index contributed by atoms with van der Waals surface area (Å²) in [5.41, 5.74) is 0.642. The van der Waals surface area contributed by atoms with E-state index in [-0.39, 0.29) is 35.5 Å². The molecule has 114 valence electrons. The van der Waals surface area contributed by atoms with Crippen molar-refractivity contribution in [3.8, 4) is 0 Å². The molecular weight excluding hydrogens is 271 g/mol. The summed E-state index contributed by atoms with van der Waals surface area (Å²) in [6.45, 7) is 2.79. The summed E-state index contributed by atoms with van der Waals surface area (Å²) < 4.78 is 5.25. The number of ether oxygens (including phenoxy) is 1. The number of esters is 1. The van der Waals surface area contributed by atoms with Crippen molar-refractivity contribution in [3.05, 3.63) is 35.9 Å². The summed E-state index contributed by atoms with van der Waals surface area (Å²) >= 11 is 0. The van der Waals surface area contributed by atoms with Crippen LogP contribution in [-0.4, -0.2) is 42.1 Å². The Bertz CT molecular complexity index is 351. The summed E-state index contributed by atoms with van der Waals surface area (Å²) in [4.78, 5) is 11.7. The molecule has 2 nitrogen and oxygen atoms in total. The molecule has 0 aliphatic heterocycles. The Hall–Kier alpha value is -0.310. The summed E-state index contributed by atoms with van der Waals surface area (Å²) in [6, 6.07) is 9.19. The van der Waals surface area contributed by atoms with E-state index in [1.807, 2.05) is 18.2 Å². The monoisotopic (exact) mass is 300 g/mol. The van der Waals surface area contributed by atoms with Crippen LogP contribution in [-0.2, 0) is 4.74 Å². The first-order valence-corrected chi connectivity index (χ1v) is 8.06. The van der Waals surface area contributed by atoms with Gasteiger partial charge in [-0.2, -0.15) is 0 Å². The van der Waals surface area contributed by atoms with Crippen LogP contribution in [0, 0.1) is 0 Å². The minimum absolute atomic E-state index is 0. The molecule has 0 atom stereocenters. The molecule has 21 heavy (non-hydrogen) atoms. The Labute approximate surface area is 151 Å². The normalized spacial score (nSPS) is 9.95. The zero-order chi connectivity index (χ0) is 14.5. The standard InChI is InChI=1S/C18H28O2.Na.H/c1-2-3-4-5-6-7-8-9-13-16-20-18(19)17-14-11-10-12-15-17;;/h10-12,14-15H,2-9,13,16H2,1H3;;. The summed E-state index contributed by atoms with van der Waals surface area (Å²) in [7, 11) is 0. The number of hydrogen-bond acceptors (Lipinski definition) is 2. The number of hydrogen-bond donors (Lipinski definition) is 0. The van der Waals surface area contributed by atoms with Crippen LogP contribution in [0.15, 0.2) is 30.3 Å². The van der Waals surface area contributed by atoms with Crippen molar-refractivity contribution < 1.29 is 9.53 Å². The fourth-order valence-electron chi connectivity index (χ4n) is 2.24. The summed E-state index contributed by atoms with van der Waals surface area (Å²) in [5.74, 6) is -0.204. The van der Waals surface area contributed by atoms with E-state index in [0.717, 1.165) is 12.8 Å². The first kappa shape index (κ1) is 20.7. The van der Waals surface area contributed by atoms with Gasteiger partial charge in [0.05, 0.1) is 12.2 Å². The van der Waals surface area contributed by atoms with Gasteiger partial charge in [-0.25, -0.2) is 4.79 Å². The van der Waals surface area contributed by atoms with Crippen LogP contribution in [0.3, 0.4) is 0 Å². The van der Waals surface area contributed by atoms with Crippen LogP contribution in [0.1, 0.15) is 75.1 Å². The molecule has 0 aliphatic carbocycles. The van der Waals surface area contributed by atoms with Gasteiger partial charge >= 0.3 is 35.5 Å². The SMILES string of the molecule is CCCCCCCCCCCOC(=O)c1ccccc1.[NaH]. The third kappa shape index (κ3) is 11.0. The van der Waals surface area contributed by atoms with Gasteiger partial charge in [0.25, 0.3) is 0 Å². The van der Waals surface area contributed by atoms with Gasteiger partial charge in [0.15, 0.2) is 0 Å². The fraction of sp³-hybridized carbons (Fsp3) is 0.611. The second-order valence-electron chi connectivity index (χ2n) is 5.33. The van der Waals surface area contributed by atoms with Gasteiger partial charge in [-0.15, -0.1) is 0 Å². The van der Waals surface area contributed by atoms with Crippen molar-refractivity contribution in [2.45, 2.75) is 64.7 Å². The third-order valence-corrected chi connectivity index (χ3v) is 3.49. The fourth-order valence-corrected chi connectivity index (χ4v) is 2.24. The molecule has 3 heteroatoms. The molecule has 0 saturated heterocycles. The van der Waals surface area contributed by atoms with Crippen molar-refractivity contribution in [2.24, 2.45) is 0 Å². The third-order valence-electron chi connectivity index (χ3n) is 3.49. The number of carbonyl (C=O) groups excluding carboxylic acids is 1. The van der Waals surface area contributed by atoms with Gasteiger partial charge in [0.2, 0.25) is 0 Å². The molecule has 1 aromatic rings. The van der Waals surface area contributed by atoms with Gasteiger partial charge < -0.3 is 4.74 Å². The molecule has 0 radical (unpaired) electrons. The number of unbranched alkanes of at least 4 members (excludes halogenated alkanes) is 8. The van der Waals surface area contributed by atoms with Crippen molar-refractivity contribution in [3.63, 3.8) is 0 Å². The molecular formula is C18H29NaO2. The Kier molecular flexibility index (Phi) is 14.4. The maximum absolute atomic E-state index is 11.7. The minimum atomic E-state index is -0.204. The van der Waals surface area contributed by atoms with Crippen LogP contribution in [0.5, 0.6) is 0 Å². The summed E-state index contributed by atoms with van der Waals surface area (Å²) in [5, 5.41) is 0. The predicted molar refractivity (Wildman–Crippen MR) is 91.1 cm³/mol. The van der Waals surface area contributed by atoms with E-state index in [1.165, 1.54) is 44.9 Å². The second-order valence-corrected chi connectivity index (χ2v) is 5.33. The zero-order valence-corrected chi connectivity index (χ0v) is 12.8. The van der Waals surface area contributed by atoms with Crippen LogP contribution in [0.4, 0.5) is 0 Å². The molecule has 0 unspecified atom stereocenters. The van der Waals surface area contributed by atoms with Crippen molar-refractivity contribution in [2.75, 3.05) is 6.61 Å². The Morgan fingerprint density at radius 3 is 1.95 bits per heavy atom. The molecule has 0 amide bonds. The molecule has 0 aliphatic rings. The molecule has 0 spiro atoms. The average Bonchev–Trinajstić information content (AvgIpc) is 2.50. The van der Waals surface area contributed by atoms with E-state index in [2.05, 4.69) is 6.92 Å².